The van der Waals surface area contributed by atoms with Gasteiger partial charge >= 0.3 is 5.97 Å². The number of aromatic carboxylic acids is 1. The number of carboxylic acids is 1. The molecule has 0 bridgehead atoms. The number of carbonyl (C=O) groups is 4. The van der Waals surface area contributed by atoms with Crippen molar-refractivity contribution < 1.29 is 24.3 Å². The van der Waals surface area contributed by atoms with Crippen molar-refractivity contribution >= 4 is 52.3 Å². The maximum Gasteiger partial charge on any atom is 0.336 e. The van der Waals surface area contributed by atoms with Crippen molar-refractivity contribution in [2.75, 3.05) is 32.7 Å². The number of hydrogen-bond donors (Lipinski definition) is 4. The molecular formula is C39H41ClN8O5S. The fourth-order valence-corrected chi connectivity index (χ4v) is 8.03. The molecule has 2 aromatic heterocycles. The van der Waals surface area contributed by atoms with Gasteiger partial charge in [0, 0.05) is 64.3 Å². The van der Waals surface area contributed by atoms with Gasteiger partial charge in [-0.05, 0) is 75.9 Å². The first-order valence-corrected chi connectivity index (χ1v) is 18.9. The summed E-state index contributed by atoms with van der Waals surface area (Å²) in [6, 6.07) is 11.2. The van der Waals surface area contributed by atoms with Gasteiger partial charge in [0.25, 0.3) is 5.91 Å². The maximum atomic E-state index is 13.8. The molecule has 0 radical (unpaired) electrons. The smallest absolute Gasteiger partial charge is 0.336 e. The molecule has 6 rings (SSSR count). The minimum Gasteiger partial charge on any atom is -0.478 e. The van der Waals surface area contributed by atoms with Crippen molar-refractivity contribution in [1.29, 1.82) is 0 Å². The highest BCUT2D eigenvalue weighted by Gasteiger charge is 2.34. The van der Waals surface area contributed by atoms with Gasteiger partial charge in [-0.25, -0.2) is 4.79 Å². The van der Waals surface area contributed by atoms with E-state index in [0.29, 0.717) is 56.3 Å². The van der Waals surface area contributed by atoms with Gasteiger partial charge in [-0.15, -0.1) is 21.5 Å². The van der Waals surface area contributed by atoms with E-state index < -0.39 is 12.0 Å². The minimum atomic E-state index is -1.14. The van der Waals surface area contributed by atoms with Gasteiger partial charge in [0.1, 0.15) is 16.9 Å². The molecule has 13 nitrogen and oxygen atoms in total. The number of nitrogens with one attached hydrogen (secondary N) is 2. The quantitative estimate of drug-likeness (QED) is 0.135. The zero-order chi connectivity index (χ0) is 38.5. The summed E-state index contributed by atoms with van der Waals surface area (Å²) in [4.78, 5) is 59.2. The van der Waals surface area contributed by atoms with Crippen LogP contribution >= 0.6 is 22.9 Å². The largest absolute Gasteiger partial charge is 0.478 e. The Kier molecular flexibility index (Phi) is 11.9. The molecule has 3 amide bonds. The van der Waals surface area contributed by atoms with Gasteiger partial charge in [-0.1, -0.05) is 35.6 Å². The lowest BCUT2D eigenvalue weighted by atomic mass is 9.95. The molecular weight excluding hydrogens is 728 g/mol. The number of nitrogens with zero attached hydrogens (tertiary/aromatic N) is 5. The molecule has 1 atom stereocenters. The summed E-state index contributed by atoms with van der Waals surface area (Å²) in [5.74, 6) is 4.77. The van der Waals surface area contributed by atoms with E-state index in [0.717, 1.165) is 33.2 Å². The molecule has 54 heavy (non-hydrogen) atoms. The molecule has 1 fully saturated rings. The van der Waals surface area contributed by atoms with Gasteiger partial charge in [0.05, 0.1) is 24.2 Å². The second kappa shape index (κ2) is 16.8. The third-order valence-electron chi connectivity index (χ3n) is 9.72. The Morgan fingerprint density at radius 1 is 1.02 bits per heavy atom. The van der Waals surface area contributed by atoms with Gasteiger partial charge in [0.15, 0.2) is 5.82 Å². The lowest BCUT2D eigenvalue weighted by Crippen LogP contribution is -2.43. The normalized spacial score (nSPS) is 15.2. The molecule has 1 saturated heterocycles. The van der Waals surface area contributed by atoms with Crippen LogP contribution in [0, 0.1) is 38.5 Å². The third kappa shape index (κ3) is 8.23. The summed E-state index contributed by atoms with van der Waals surface area (Å²) >= 11 is 7.89. The summed E-state index contributed by atoms with van der Waals surface area (Å²) in [5, 5.41) is 25.6. The second-order valence-electron chi connectivity index (χ2n) is 13.2. The number of benzene rings is 2. The molecule has 0 aliphatic carbocycles. The number of nitrogens with two attached hydrogens (primary N) is 1. The summed E-state index contributed by atoms with van der Waals surface area (Å²) < 4.78 is 2.03. The van der Waals surface area contributed by atoms with Crippen LogP contribution < -0.4 is 16.4 Å². The molecule has 4 heterocycles. The second-order valence-corrected chi connectivity index (χ2v) is 14.9. The van der Waals surface area contributed by atoms with Crippen molar-refractivity contribution in [3.8, 4) is 16.8 Å². The number of aliphatic imine (C=N–C) groups is 1. The van der Waals surface area contributed by atoms with Crippen LogP contribution in [0.2, 0.25) is 5.02 Å². The van der Waals surface area contributed by atoms with Crippen molar-refractivity contribution in [3.63, 3.8) is 0 Å². The van der Waals surface area contributed by atoms with Crippen molar-refractivity contribution in [3.05, 3.63) is 97.4 Å². The van der Waals surface area contributed by atoms with E-state index in [2.05, 4.69) is 46.5 Å². The van der Waals surface area contributed by atoms with Gasteiger partial charge in [-0.2, -0.15) is 0 Å². The Balaban J connectivity index is 1.03. The SMILES string of the molecule is Cc1sc2c(c1C)C(c1ccc(Cl)cc1)=N[C@@H](CC(=O)N1CCC(C(=O)NCCCNC(=O)c3ccc(C(=O)O)c(C#CCN)c3)CC1)c1nnc(C)n1-2. The number of piperidine rings is 1. The van der Waals surface area contributed by atoms with Crippen molar-refractivity contribution in [2.45, 2.75) is 52.5 Å². The van der Waals surface area contributed by atoms with E-state index in [1.165, 1.54) is 23.1 Å². The number of carbonyl (C=O) groups excluding carboxylic acids is 3. The molecule has 2 aliphatic rings. The monoisotopic (exact) mass is 768 g/mol. The molecule has 2 aliphatic heterocycles. The fourth-order valence-electron chi connectivity index (χ4n) is 6.69. The maximum absolute atomic E-state index is 13.8. The Morgan fingerprint density at radius 2 is 1.74 bits per heavy atom. The molecule has 280 valence electrons. The van der Waals surface area contributed by atoms with Crippen molar-refractivity contribution in [1.82, 2.24) is 30.3 Å². The van der Waals surface area contributed by atoms with Gasteiger partial charge < -0.3 is 26.4 Å². The predicted molar refractivity (Wildman–Crippen MR) is 206 cm³/mol. The number of amides is 3. The van der Waals surface area contributed by atoms with E-state index in [-0.39, 0.29) is 53.3 Å². The van der Waals surface area contributed by atoms with E-state index >= 15 is 0 Å². The van der Waals surface area contributed by atoms with Gasteiger partial charge in [-0.3, -0.25) is 23.9 Å². The van der Waals surface area contributed by atoms with Crippen LogP contribution in [0.1, 0.15) is 91.2 Å². The number of carboxylic acid groups (broad SMARTS) is 1. The predicted octanol–water partition coefficient (Wildman–Crippen LogP) is 4.37. The van der Waals surface area contributed by atoms with E-state index in [9.17, 15) is 24.3 Å². The lowest BCUT2D eigenvalue weighted by Gasteiger charge is -2.32. The zero-order valence-electron chi connectivity index (χ0n) is 30.2. The number of likely N-dealkylation sites (tertiary alicyclic amines) is 1. The van der Waals surface area contributed by atoms with Crippen LogP contribution in [-0.4, -0.2) is 86.9 Å². The average Bonchev–Trinajstić information content (AvgIpc) is 3.65. The Labute approximate surface area is 322 Å². The summed E-state index contributed by atoms with van der Waals surface area (Å²) in [5.41, 5.74) is 9.71. The number of rotatable bonds is 10. The molecule has 5 N–H and O–H groups in total. The topological polar surface area (TPSA) is 185 Å². The highest BCUT2D eigenvalue weighted by molar-refractivity contribution is 7.15. The first-order valence-electron chi connectivity index (χ1n) is 17.7. The zero-order valence-corrected chi connectivity index (χ0v) is 31.8. The molecule has 0 spiro atoms. The number of aromatic nitrogens is 3. The Bertz CT molecular complexity index is 2190. The lowest BCUT2D eigenvalue weighted by molar-refractivity contribution is -0.136. The third-order valence-corrected chi connectivity index (χ3v) is 11.2. The number of thiophene rings is 1. The summed E-state index contributed by atoms with van der Waals surface area (Å²) in [7, 11) is 0. The van der Waals surface area contributed by atoms with Crippen molar-refractivity contribution in [2.24, 2.45) is 16.6 Å². The molecule has 15 heteroatoms. The summed E-state index contributed by atoms with van der Waals surface area (Å²) in [6.45, 7) is 7.70. The average molecular weight is 769 g/mol. The van der Waals surface area contributed by atoms with E-state index in [1.54, 1.807) is 16.2 Å². The number of fused-ring (bicyclic) bond motifs is 3. The molecule has 0 saturated carbocycles. The first-order chi connectivity index (χ1) is 26.0. The minimum absolute atomic E-state index is 0.00826. The van der Waals surface area contributed by atoms with Crippen LogP contribution in [0.25, 0.3) is 5.00 Å². The van der Waals surface area contributed by atoms with Crippen LogP contribution in [-0.2, 0) is 9.59 Å². The Morgan fingerprint density at radius 3 is 2.44 bits per heavy atom. The van der Waals surface area contributed by atoms with E-state index in [1.807, 2.05) is 35.8 Å². The van der Waals surface area contributed by atoms with Crippen LogP contribution in [0.3, 0.4) is 0 Å². The number of aryl methyl sites for hydroxylation is 2. The summed E-state index contributed by atoms with van der Waals surface area (Å²) in [6.07, 6.45) is 1.67. The number of halogens is 1. The molecule has 4 aromatic rings. The van der Waals surface area contributed by atoms with E-state index in [4.69, 9.17) is 22.3 Å². The van der Waals surface area contributed by atoms with Crippen LogP contribution in [0.5, 0.6) is 0 Å². The van der Waals surface area contributed by atoms with Crippen LogP contribution in [0.4, 0.5) is 0 Å². The molecule has 0 unspecified atom stereocenters. The highest BCUT2D eigenvalue weighted by atomic mass is 35.5. The van der Waals surface area contributed by atoms with Crippen LogP contribution in [0.15, 0.2) is 47.5 Å². The first kappa shape index (κ1) is 38.4. The molecule has 2 aromatic carbocycles. The Hall–Kier alpha value is -5.36. The van der Waals surface area contributed by atoms with Gasteiger partial charge in [0.2, 0.25) is 11.8 Å². The fraction of sp³-hybridized carbons (Fsp3) is 0.359. The highest BCUT2D eigenvalue weighted by Crippen LogP contribution is 2.40. The standard InChI is InChI=1S/C39H41ClN8O5S/c1-22-23(2)54-38-33(22)34(25-7-10-29(40)11-8-25)44-31(35-46-45-24(3)48(35)38)21-32(49)47-18-13-26(14-19-47)36(50)42-16-5-17-43-37(51)28-9-12-30(39(52)53)27(20-28)6-4-15-41/h7-12,20,26,31H,5,13-19,21,41H2,1-3H3,(H,42,50)(H,43,51)(H,52,53)/t31-/m0/s1. The number of hydrogen-bond acceptors (Lipinski definition) is 9.